The van der Waals surface area contributed by atoms with Gasteiger partial charge in [0.1, 0.15) is 23.0 Å². The molecular weight excluding hydrogens is 448 g/mol. The van der Waals surface area contributed by atoms with Gasteiger partial charge in [-0.1, -0.05) is 18.2 Å². The van der Waals surface area contributed by atoms with Crippen molar-refractivity contribution >= 4 is 17.4 Å². The second-order valence-electron chi connectivity index (χ2n) is 7.90. The lowest BCUT2D eigenvalue weighted by molar-refractivity contribution is -0.140. The van der Waals surface area contributed by atoms with E-state index in [0.717, 1.165) is 5.56 Å². The number of benzene rings is 2. The van der Waals surface area contributed by atoms with Crippen molar-refractivity contribution < 1.29 is 29.3 Å². The van der Waals surface area contributed by atoms with Gasteiger partial charge in [0.05, 0.1) is 30.4 Å². The molecule has 2 N–H and O–H groups in total. The van der Waals surface area contributed by atoms with Crippen LogP contribution in [-0.4, -0.2) is 45.0 Å². The highest BCUT2D eigenvalue weighted by Crippen LogP contribution is 2.42. The molecule has 180 valence electrons. The summed E-state index contributed by atoms with van der Waals surface area (Å²) in [7, 11) is 0. The molecule has 0 saturated carbocycles. The minimum absolute atomic E-state index is 0.0445. The predicted molar refractivity (Wildman–Crippen MR) is 129 cm³/mol. The fourth-order valence-corrected chi connectivity index (χ4v) is 4.11. The smallest absolute Gasteiger partial charge is 0.295 e. The molecule has 1 fully saturated rings. The summed E-state index contributed by atoms with van der Waals surface area (Å²) in [5.74, 6) is -0.957. The number of nitrogens with zero attached hydrogens (tertiary/aromatic N) is 2. The number of aliphatic hydroxyl groups excluding tert-OH is 1. The molecule has 35 heavy (non-hydrogen) atoms. The second kappa shape index (κ2) is 10.3. The van der Waals surface area contributed by atoms with Crippen molar-refractivity contribution in [1.29, 1.82) is 0 Å². The molecule has 2 aromatic carbocycles. The summed E-state index contributed by atoms with van der Waals surface area (Å²) in [5.41, 5.74) is 1.51. The predicted octanol–water partition coefficient (Wildman–Crippen LogP) is 4.21. The zero-order chi connectivity index (χ0) is 24.9. The lowest BCUT2D eigenvalue weighted by Crippen LogP contribution is -2.29. The molecular formula is C27H26N2O6. The summed E-state index contributed by atoms with van der Waals surface area (Å²) in [6.45, 7) is 4.56. The van der Waals surface area contributed by atoms with Gasteiger partial charge in [-0.3, -0.25) is 14.6 Å². The Morgan fingerprint density at radius 3 is 2.43 bits per heavy atom. The van der Waals surface area contributed by atoms with Crippen molar-refractivity contribution in [2.24, 2.45) is 0 Å². The molecule has 1 unspecified atom stereocenters. The third-order valence-electron chi connectivity index (χ3n) is 5.64. The maximum atomic E-state index is 13.3. The van der Waals surface area contributed by atoms with E-state index in [-0.39, 0.29) is 29.2 Å². The Morgan fingerprint density at radius 2 is 1.77 bits per heavy atom. The Morgan fingerprint density at radius 1 is 1.03 bits per heavy atom. The minimum Gasteiger partial charge on any atom is -0.508 e. The van der Waals surface area contributed by atoms with Gasteiger partial charge in [-0.25, -0.2) is 0 Å². The number of aromatic nitrogens is 1. The standard InChI is InChI=1S/C27H26N2O6/c1-3-34-20-11-12-21(22(14-20)35-4-2)25(31)23-24(18-7-9-19(30)10-8-18)29(27(33)26(23)32)16-17-6-5-13-28-15-17/h5-15,24,30-31H,3-4,16H2,1-2H3/b25-23-. The Balaban J connectivity index is 1.87. The molecule has 4 rings (SSSR count). The number of ether oxygens (including phenoxy) is 2. The van der Waals surface area contributed by atoms with Crippen LogP contribution in [0.15, 0.2) is 72.6 Å². The van der Waals surface area contributed by atoms with Crippen LogP contribution in [0, 0.1) is 0 Å². The van der Waals surface area contributed by atoms with Crippen LogP contribution in [0.4, 0.5) is 0 Å². The first-order valence-corrected chi connectivity index (χ1v) is 11.3. The molecule has 1 saturated heterocycles. The third-order valence-corrected chi connectivity index (χ3v) is 5.64. The number of amides is 1. The summed E-state index contributed by atoms with van der Waals surface area (Å²) < 4.78 is 11.3. The highest BCUT2D eigenvalue weighted by Gasteiger charge is 2.46. The number of Topliss-reactive ketones (excluding diaryl/α,β-unsaturated/α-hetero) is 1. The Bertz CT molecular complexity index is 1250. The Hall–Kier alpha value is -4.33. The van der Waals surface area contributed by atoms with E-state index in [4.69, 9.17) is 9.47 Å². The Labute approximate surface area is 203 Å². The van der Waals surface area contributed by atoms with Gasteiger partial charge in [0.15, 0.2) is 0 Å². The topological polar surface area (TPSA) is 109 Å². The number of phenols is 1. The number of carbonyl (C=O) groups is 2. The van der Waals surface area contributed by atoms with E-state index < -0.39 is 17.7 Å². The van der Waals surface area contributed by atoms with Crippen LogP contribution >= 0.6 is 0 Å². The molecule has 0 bridgehead atoms. The van der Waals surface area contributed by atoms with Gasteiger partial charge < -0.3 is 24.6 Å². The van der Waals surface area contributed by atoms with E-state index in [9.17, 15) is 19.8 Å². The van der Waals surface area contributed by atoms with Crippen molar-refractivity contribution in [2.75, 3.05) is 13.2 Å². The van der Waals surface area contributed by atoms with Crippen LogP contribution in [-0.2, 0) is 16.1 Å². The van der Waals surface area contributed by atoms with E-state index in [2.05, 4.69) is 4.98 Å². The fourth-order valence-electron chi connectivity index (χ4n) is 4.11. The molecule has 0 spiro atoms. The largest absolute Gasteiger partial charge is 0.508 e. The molecule has 1 aliphatic rings. The summed E-state index contributed by atoms with van der Waals surface area (Å²) in [6.07, 6.45) is 3.24. The molecule has 8 heteroatoms. The van der Waals surface area contributed by atoms with E-state index in [1.54, 1.807) is 61.8 Å². The van der Waals surface area contributed by atoms with Gasteiger partial charge in [0.2, 0.25) is 0 Å². The maximum absolute atomic E-state index is 13.3. The van der Waals surface area contributed by atoms with Crippen molar-refractivity contribution in [3.8, 4) is 17.2 Å². The van der Waals surface area contributed by atoms with Gasteiger partial charge in [0, 0.05) is 25.0 Å². The fraction of sp³-hybridized carbons (Fsp3) is 0.222. The van der Waals surface area contributed by atoms with E-state index in [1.165, 1.54) is 17.0 Å². The molecule has 3 aromatic rings. The average molecular weight is 475 g/mol. The van der Waals surface area contributed by atoms with Gasteiger partial charge in [-0.2, -0.15) is 0 Å². The van der Waals surface area contributed by atoms with Crippen molar-refractivity contribution in [2.45, 2.75) is 26.4 Å². The number of carbonyl (C=O) groups excluding carboxylic acids is 2. The highest BCUT2D eigenvalue weighted by atomic mass is 16.5. The number of aliphatic hydroxyl groups is 1. The summed E-state index contributed by atoms with van der Waals surface area (Å²) in [6, 6.07) is 13.8. The molecule has 1 aliphatic heterocycles. The number of phenolic OH excluding ortho intramolecular Hbond substituents is 1. The number of hydrogen-bond donors (Lipinski definition) is 2. The first-order chi connectivity index (χ1) is 16.9. The van der Waals surface area contributed by atoms with E-state index >= 15 is 0 Å². The quantitative estimate of drug-likeness (QED) is 0.286. The minimum atomic E-state index is -0.878. The number of aromatic hydroxyl groups is 1. The van der Waals surface area contributed by atoms with Crippen molar-refractivity contribution in [3.05, 3.63) is 89.3 Å². The number of likely N-dealkylation sites (tertiary alicyclic amines) is 1. The summed E-state index contributed by atoms with van der Waals surface area (Å²) >= 11 is 0. The SMILES string of the molecule is CCOc1ccc(/C(O)=C2/C(=O)C(=O)N(Cc3cccnc3)C2c2ccc(O)cc2)c(OCC)c1. The van der Waals surface area contributed by atoms with Gasteiger partial charge in [-0.15, -0.1) is 0 Å². The van der Waals surface area contributed by atoms with Crippen LogP contribution in [0.2, 0.25) is 0 Å². The van der Waals surface area contributed by atoms with E-state index in [0.29, 0.717) is 30.3 Å². The second-order valence-corrected chi connectivity index (χ2v) is 7.90. The zero-order valence-electron chi connectivity index (χ0n) is 19.5. The van der Waals surface area contributed by atoms with E-state index in [1.807, 2.05) is 6.92 Å². The first kappa shape index (κ1) is 23.8. The maximum Gasteiger partial charge on any atom is 0.295 e. The average Bonchev–Trinajstić information content (AvgIpc) is 3.10. The van der Waals surface area contributed by atoms with Crippen molar-refractivity contribution in [3.63, 3.8) is 0 Å². The number of ketones is 1. The molecule has 0 radical (unpaired) electrons. The lowest BCUT2D eigenvalue weighted by Gasteiger charge is -2.25. The summed E-state index contributed by atoms with van der Waals surface area (Å²) in [4.78, 5) is 31.9. The normalized spacial score (nSPS) is 17.0. The van der Waals surface area contributed by atoms with Crippen LogP contribution < -0.4 is 9.47 Å². The molecule has 1 atom stereocenters. The molecule has 2 heterocycles. The molecule has 1 aromatic heterocycles. The van der Waals surface area contributed by atoms with Crippen LogP contribution in [0.25, 0.3) is 5.76 Å². The highest BCUT2D eigenvalue weighted by molar-refractivity contribution is 6.46. The van der Waals surface area contributed by atoms with Gasteiger partial charge in [-0.05, 0) is 55.3 Å². The number of hydrogen-bond acceptors (Lipinski definition) is 7. The lowest BCUT2D eigenvalue weighted by atomic mass is 9.94. The molecule has 1 amide bonds. The molecule has 0 aliphatic carbocycles. The van der Waals surface area contributed by atoms with Crippen LogP contribution in [0.1, 0.15) is 36.6 Å². The first-order valence-electron chi connectivity index (χ1n) is 11.3. The molecule has 8 nitrogen and oxygen atoms in total. The monoisotopic (exact) mass is 474 g/mol. The zero-order valence-corrected chi connectivity index (χ0v) is 19.5. The van der Waals surface area contributed by atoms with Crippen LogP contribution in [0.5, 0.6) is 17.2 Å². The van der Waals surface area contributed by atoms with Crippen molar-refractivity contribution in [1.82, 2.24) is 9.88 Å². The Kier molecular flexibility index (Phi) is 7.01. The van der Waals surface area contributed by atoms with Gasteiger partial charge in [0.25, 0.3) is 11.7 Å². The number of rotatable bonds is 8. The third kappa shape index (κ3) is 4.82. The van der Waals surface area contributed by atoms with Crippen LogP contribution in [0.3, 0.4) is 0 Å². The number of pyridine rings is 1. The van der Waals surface area contributed by atoms with Gasteiger partial charge >= 0.3 is 0 Å². The summed E-state index contributed by atoms with van der Waals surface area (Å²) in [5, 5.41) is 21.2.